The molecule has 3 heteroatoms. The fourth-order valence-electron chi connectivity index (χ4n) is 2.61. The molecule has 0 atom stereocenters. The molecular weight excluding hydrogens is 188 g/mol. The first-order valence-corrected chi connectivity index (χ1v) is 6.24. The highest BCUT2D eigenvalue weighted by Crippen LogP contribution is 2.47. The monoisotopic (exact) mass is 210 g/mol. The summed E-state index contributed by atoms with van der Waals surface area (Å²) in [5, 5.41) is 3.12. The van der Waals surface area contributed by atoms with Gasteiger partial charge in [-0.05, 0) is 44.1 Å². The topological polar surface area (TPSA) is 55.1 Å². The quantitative estimate of drug-likeness (QED) is 0.721. The largest absolute Gasteiger partial charge is 0.355 e. The van der Waals surface area contributed by atoms with Crippen LogP contribution in [-0.2, 0) is 4.79 Å². The van der Waals surface area contributed by atoms with Gasteiger partial charge in [-0.25, -0.2) is 0 Å². The van der Waals surface area contributed by atoms with Gasteiger partial charge in [-0.15, -0.1) is 0 Å². The van der Waals surface area contributed by atoms with E-state index in [2.05, 4.69) is 5.32 Å². The summed E-state index contributed by atoms with van der Waals surface area (Å²) >= 11 is 0. The van der Waals surface area contributed by atoms with Crippen molar-refractivity contribution >= 4 is 5.91 Å². The van der Waals surface area contributed by atoms with Crippen LogP contribution in [0.2, 0.25) is 0 Å². The highest BCUT2D eigenvalue weighted by atomic mass is 16.1. The zero-order valence-electron chi connectivity index (χ0n) is 9.43. The molecule has 86 valence electrons. The molecule has 15 heavy (non-hydrogen) atoms. The van der Waals surface area contributed by atoms with E-state index < -0.39 is 0 Å². The second-order valence-corrected chi connectivity index (χ2v) is 5.24. The van der Waals surface area contributed by atoms with E-state index in [1.807, 2.05) is 0 Å². The molecule has 1 amide bonds. The lowest BCUT2D eigenvalue weighted by Gasteiger charge is -2.16. The van der Waals surface area contributed by atoms with Crippen LogP contribution in [0, 0.1) is 11.3 Å². The lowest BCUT2D eigenvalue weighted by atomic mass is 10.0. The highest BCUT2D eigenvalue weighted by molar-refractivity contribution is 5.78. The Morgan fingerprint density at radius 1 is 1.33 bits per heavy atom. The predicted octanol–water partition coefficient (Wildman–Crippen LogP) is 1.42. The van der Waals surface area contributed by atoms with E-state index in [1.165, 1.54) is 25.7 Å². The number of hydrogen-bond acceptors (Lipinski definition) is 2. The molecule has 0 aliphatic heterocycles. The Bertz CT molecular complexity index is 230. The van der Waals surface area contributed by atoms with Crippen molar-refractivity contribution in [1.82, 2.24) is 5.32 Å². The molecule has 0 aromatic heterocycles. The summed E-state index contributed by atoms with van der Waals surface area (Å²) < 4.78 is 0. The van der Waals surface area contributed by atoms with Crippen LogP contribution in [0.25, 0.3) is 0 Å². The Labute approximate surface area is 91.8 Å². The first-order valence-electron chi connectivity index (χ1n) is 6.24. The first-order chi connectivity index (χ1) is 7.26. The lowest BCUT2D eigenvalue weighted by Crippen LogP contribution is -2.34. The third kappa shape index (κ3) is 2.71. The molecule has 2 fully saturated rings. The molecule has 2 rings (SSSR count). The fraction of sp³-hybridized carbons (Fsp3) is 0.917. The molecule has 0 spiro atoms. The Hall–Kier alpha value is -0.570. The normalized spacial score (nSPS) is 24.1. The van der Waals surface area contributed by atoms with Gasteiger partial charge in [0.2, 0.25) is 5.91 Å². The molecule has 0 unspecified atom stereocenters. The van der Waals surface area contributed by atoms with Gasteiger partial charge in [0.15, 0.2) is 0 Å². The van der Waals surface area contributed by atoms with Crippen molar-refractivity contribution < 1.29 is 4.79 Å². The standard InChI is InChI=1S/C12H22N2O/c13-8-7-12(5-6-12)9-14-11(15)10-3-1-2-4-10/h10H,1-9,13H2,(H,14,15). The second kappa shape index (κ2) is 4.52. The van der Waals surface area contributed by atoms with Crippen molar-refractivity contribution in [3.8, 4) is 0 Å². The first kappa shape index (κ1) is 10.9. The van der Waals surface area contributed by atoms with Crippen LogP contribution in [0.4, 0.5) is 0 Å². The Kier molecular flexibility index (Phi) is 3.29. The molecule has 3 N–H and O–H groups in total. The van der Waals surface area contributed by atoms with Crippen LogP contribution >= 0.6 is 0 Å². The molecule has 0 aromatic carbocycles. The molecule has 0 heterocycles. The summed E-state index contributed by atoms with van der Waals surface area (Å²) in [6, 6.07) is 0. The average molecular weight is 210 g/mol. The van der Waals surface area contributed by atoms with E-state index in [4.69, 9.17) is 5.73 Å². The van der Waals surface area contributed by atoms with Crippen LogP contribution in [0.15, 0.2) is 0 Å². The van der Waals surface area contributed by atoms with Gasteiger partial charge in [-0.3, -0.25) is 4.79 Å². The van der Waals surface area contributed by atoms with Gasteiger partial charge < -0.3 is 11.1 Å². The highest BCUT2D eigenvalue weighted by Gasteiger charge is 2.42. The number of carbonyl (C=O) groups is 1. The number of nitrogens with one attached hydrogen (secondary N) is 1. The molecule has 2 aliphatic carbocycles. The average Bonchev–Trinajstić information content (AvgIpc) is 2.81. The van der Waals surface area contributed by atoms with Crippen LogP contribution in [0.1, 0.15) is 44.9 Å². The maximum Gasteiger partial charge on any atom is 0.223 e. The summed E-state index contributed by atoms with van der Waals surface area (Å²) in [4.78, 5) is 11.8. The van der Waals surface area contributed by atoms with E-state index in [1.54, 1.807) is 0 Å². The molecule has 0 radical (unpaired) electrons. The number of nitrogens with two attached hydrogens (primary N) is 1. The van der Waals surface area contributed by atoms with Crippen molar-refractivity contribution in [3.63, 3.8) is 0 Å². The smallest absolute Gasteiger partial charge is 0.223 e. The summed E-state index contributed by atoms with van der Waals surface area (Å²) in [6.07, 6.45) is 8.20. The zero-order valence-corrected chi connectivity index (χ0v) is 9.43. The number of carbonyl (C=O) groups excluding carboxylic acids is 1. The molecule has 2 saturated carbocycles. The third-order valence-corrected chi connectivity index (χ3v) is 4.00. The van der Waals surface area contributed by atoms with Gasteiger partial charge in [0.1, 0.15) is 0 Å². The van der Waals surface area contributed by atoms with Crippen molar-refractivity contribution in [1.29, 1.82) is 0 Å². The van der Waals surface area contributed by atoms with E-state index in [9.17, 15) is 4.79 Å². The van der Waals surface area contributed by atoms with E-state index in [0.29, 0.717) is 11.3 Å². The molecule has 2 aliphatic rings. The van der Waals surface area contributed by atoms with Gasteiger partial charge in [0.25, 0.3) is 0 Å². The van der Waals surface area contributed by atoms with Crippen molar-refractivity contribution in [3.05, 3.63) is 0 Å². The summed E-state index contributed by atoms with van der Waals surface area (Å²) in [5.74, 6) is 0.592. The molecular formula is C12H22N2O. The summed E-state index contributed by atoms with van der Waals surface area (Å²) in [6.45, 7) is 1.61. The molecule has 0 bridgehead atoms. The Morgan fingerprint density at radius 3 is 2.53 bits per heavy atom. The molecule has 0 saturated heterocycles. The van der Waals surface area contributed by atoms with Crippen LogP contribution in [0.5, 0.6) is 0 Å². The van der Waals surface area contributed by atoms with Crippen LogP contribution in [-0.4, -0.2) is 19.0 Å². The van der Waals surface area contributed by atoms with Gasteiger partial charge in [-0.1, -0.05) is 12.8 Å². The van der Waals surface area contributed by atoms with Crippen molar-refractivity contribution in [2.75, 3.05) is 13.1 Å². The van der Waals surface area contributed by atoms with Gasteiger partial charge in [0, 0.05) is 12.5 Å². The van der Waals surface area contributed by atoms with Crippen molar-refractivity contribution in [2.24, 2.45) is 17.1 Å². The predicted molar refractivity (Wildman–Crippen MR) is 60.3 cm³/mol. The Morgan fingerprint density at radius 2 is 2.00 bits per heavy atom. The van der Waals surface area contributed by atoms with Gasteiger partial charge >= 0.3 is 0 Å². The number of rotatable bonds is 5. The maximum atomic E-state index is 11.8. The van der Waals surface area contributed by atoms with Gasteiger partial charge in [0.05, 0.1) is 0 Å². The summed E-state index contributed by atoms with van der Waals surface area (Å²) in [7, 11) is 0. The third-order valence-electron chi connectivity index (χ3n) is 4.00. The van der Waals surface area contributed by atoms with Crippen molar-refractivity contribution in [2.45, 2.75) is 44.9 Å². The fourth-order valence-corrected chi connectivity index (χ4v) is 2.61. The van der Waals surface area contributed by atoms with E-state index in [0.717, 1.165) is 32.4 Å². The molecule has 0 aromatic rings. The van der Waals surface area contributed by atoms with Crippen LogP contribution < -0.4 is 11.1 Å². The number of amides is 1. The SMILES string of the molecule is NCCC1(CNC(=O)C2CCCC2)CC1. The summed E-state index contributed by atoms with van der Waals surface area (Å²) in [5.41, 5.74) is 5.95. The van der Waals surface area contributed by atoms with E-state index >= 15 is 0 Å². The Balaban J connectivity index is 1.70. The minimum absolute atomic E-state index is 0.288. The second-order valence-electron chi connectivity index (χ2n) is 5.24. The molecule has 3 nitrogen and oxygen atoms in total. The van der Waals surface area contributed by atoms with Gasteiger partial charge in [-0.2, -0.15) is 0 Å². The minimum Gasteiger partial charge on any atom is -0.355 e. The minimum atomic E-state index is 0.288. The number of hydrogen-bond donors (Lipinski definition) is 2. The maximum absolute atomic E-state index is 11.8. The zero-order chi connectivity index (χ0) is 10.7. The van der Waals surface area contributed by atoms with E-state index in [-0.39, 0.29) is 5.91 Å². The van der Waals surface area contributed by atoms with Crippen LogP contribution in [0.3, 0.4) is 0 Å². The lowest BCUT2D eigenvalue weighted by molar-refractivity contribution is -0.125.